The Morgan fingerprint density at radius 3 is 2.13 bits per heavy atom. The van der Waals surface area contributed by atoms with Gasteiger partial charge in [-0.15, -0.1) is 0 Å². The molecule has 3 aromatic rings. The molecule has 3 nitrogen and oxygen atoms in total. The molecule has 0 radical (unpaired) electrons. The van der Waals surface area contributed by atoms with E-state index in [1.807, 2.05) is 92.7 Å². The summed E-state index contributed by atoms with van der Waals surface area (Å²) in [6.45, 7) is 6.22. The lowest BCUT2D eigenvalue weighted by Gasteiger charge is -2.51. The number of nitrogens with zero attached hydrogens (tertiary/aromatic N) is 1. The number of fused-ring (bicyclic) bond motifs is 1. The van der Waals surface area contributed by atoms with Gasteiger partial charge in [0, 0.05) is 10.4 Å². The van der Waals surface area contributed by atoms with Crippen molar-refractivity contribution in [2.75, 3.05) is 4.31 Å². The zero-order valence-corrected chi connectivity index (χ0v) is 19.0. The van der Waals surface area contributed by atoms with Crippen LogP contribution >= 0.6 is 11.6 Å². The Morgan fingerprint density at radius 2 is 1.47 bits per heavy atom. The maximum atomic E-state index is 13.6. The molecule has 0 saturated carbocycles. The molecule has 156 valence electrons. The zero-order valence-electron chi connectivity index (χ0n) is 17.5. The summed E-state index contributed by atoms with van der Waals surface area (Å²) in [4.78, 5) is 0. The predicted molar refractivity (Wildman–Crippen MR) is 125 cm³/mol. The molecule has 0 spiro atoms. The number of para-hydroxylation sites is 1. The van der Waals surface area contributed by atoms with Crippen LogP contribution in [0.4, 0.5) is 5.69 Å². The van der Waals surface area contributed by atoms with Crippen molar-refractivity contribution in [2.24, 2.45) is 0 Å². The summed E-state index contributed by atoms with van der Waals surface area (Å²) in [6, 6.07) is 25.1. The fraction of sp³-hybridized carbons (Fsp3) is 0.280. The van der Waals surface area contributed by atoms with E-state index in [-0.39, 0.29) is 11.2 Å². The van der Waals surface area contributed by atoms with Crippen LogP contribution in [0.15, 0.2) is 78.9 Å². The van der Waals surface area contributed by atoms with Crippen LogP contribution in [0, 0.1) is 0 Å². The van der Waals surface area contributed by atoms with Gasteiger partial charge < -0.3 is 0 Å². The Kier molecular flexibility index (Phi) is 5.19. The molecule has 4 rings (SSSR count). The first-order valence-electron chi connectivity index (χ1n) is 10.1. The second-order valence-corrected chi connectivity index (χ2v) is 11.1. The third-order valence-corrected chi connectivity index (χ3v) is 8.20. The fourth-order valence-corrected chi connectivity index (χ4v) is 7.07. The molecule has 0 saturated heterocycles. The van der Waals surface area contributed by atoms with Gasteiger partial charge in [-0.05, 0) is 55.2 Å². The Bertz CT molecular complexity index is 1160. The number of hydrogen-bond acceptors (Lipinski definition) is 2. The third kappa shape index (κ3) is 3.63. The Balaban J connectivity index is 1.86. The van der Waals surface area contributed by atoms with E-state index >= 15 is 0 Å². The molecule has 0 aliphatic carbocycles. The van der Waals surface area contributed by atoms with Crippen molar-refractivity contribution in [1.82, 2.24) is 0 Å². The standard InChI is InChI=1S/C25H26ClNO2S/c1-24(2)18-25(3,20-13-15-21(26)16-14-20)22-11-7-8-12-23(22)27(24)30(28,29)17-19-9-5-4-6-10-19/h4-16H,17-18H2,1-3H3. The summed E-state index contributed by atoms with van der Waals surface area (Å²) < 4.78 is 28.9. The first-order valence-corrected chi connectivity index (χ1v) is 12.0. The van der Waals surface area contributed by atoms with E-state index in [1.165, 1.54) is 0 Å². The van der Waals surface area contributed by atoms with Crippen LogP contribution in [-0.2, 0) is 21.2 Å². The second-order valence-electron chi connectivity index (χ2n) is 8.85. The highest BCUT2D eigenvalue weighted by Gasteiger charge is 2.49. The molecular weight excluding hydrogens is 414 g/mol. The molecule has 5 heteroatoms. The first-order chi connectivity index (χ1) is 14.1. The minimum Gasteiger partial charge on any atom is -0.264 e. The number of anilines is 1. The van der Waals surface area contributed by atoms with Gasteiger partial charge in [0.05, 0.1) is 17.0 Å². The van der Waals surface area contributed by atoms with E-state index in [9.17, 15) is 8.42 Å². The molecule has 1 unspecified atom stereocenters. The number of halogens is 1. The van der Waals surface area contributed by atoms with Crippen LogP contribution in [0.2, 0.25) is 5.02 Å². The largest absolute Gasteiger partial charge is 0.264 e. The first kappa shape index (κ1) is 21.0. The highest BCUT2D eigenvalue weighted by atomic mass is 35.5. The minimum absolute atomic E-state index is 0.0245. The van der Waals surface area contributed by atoms with Crippen LogP contribution in [-0.4, -0.2) is 14.0 Å². The van der Waals surface area contributed by atoms with E-state index in [4.69, 9.17) is 11.6 Å². The average Bonchev–Trinajstić information content (AvgIpc) is 2.68. The van der Waals surface area contributed by atoms with Crippen molar-refractivity contribution in [2.45, 2.75) is 43.9 Å². The van der Waals surface area contributed by atoms with E-state index < -0.39 is 15.6 Å². The molecule has 3 aromatic carbocycles. The average molecular weight is 440 g/mol. The molecule has 1 atom stereocenters. The van der Waals surface area contributed by atoms with Crippen molar-refractivity contribution >= 4 is 27.3 Å². The molecule has 0 fully saturated rings. The van der Waals surface area contributed by atoms with E-state index in [2.05, 4.69) is 6.92 Å². The number of benzene rings is 3. The molecule has 30 heavy (non-hydrogen) atoms. The Hall–Kier alpha value is -2.30. The summed E-state index contributed by atoms with van der Waals surface area (Å²) >= 11 is 6.12. The second kappa shape index (κ2) is 7.44. The van der Waals surface area contributed by atoms with Crippen LogP contribution < -0.4 is 4.31 Å². The van der Waals surface area contributed by atoms with Crippen molar-refractivity contribution < 1.29 is 8.42 Å². The molecule has 0 bridgehead atoms. The Labute approximate surface area is 184 Å². The lowest BCUT2D eigenvalue weighted by molar-refractivity contribution is 0.351. The number of rotatable bonds is 4. The minimum atomic E-state index is -3.58. The third-order valence-electron chi connectivity index (χ3n) is 6.00. The lowest BCUT2D eigenvalue weighted by atomic mass is 9.66. The summed E-state index contributed by atoms with van der Waals surface area (Å²) in [5.74, 6) is -0.0245. The molecule has 1 aliphatic heterocycles. The van der Waals surface area contributed by atoms with Crippen molar-refractivity contribution in [3.63, 3.8) is 0 Å². The highest BCUT2D eigenvalue weighted by Crippen LogP contribution is 2.51. The van der Waals surface area contributed by atoms with Crippen LogP contribution in [0.1, 0.15) is 43.9 Å². The summed E-state index contributed by atoms with van der Waals surface area (Å²) in [5.41, 5.74) is 2.76. The van der Waals surface area contributed by atoms with Crippen molar-refractivity contribution in [1.29, 1.82) is 0 Å². The summed E-state index contributed by atoms with van der Waals surface area (Å²) in [6.07, 6.45) is 0.659. The van der Waals surface area contributed by atoms with Gasteiger partial charge in [-0.1, -0.05) is 79.2 Å². The number of hydrogen-bond donors (Lipinski definition) is 0. The van der Waals surface area contributed by atoms with Gasteiger partial charge in [0.15, 0.2) is 0 Å². The summed E-state index contributed by atoms with van der Waals surface area (Å²) in [7, 11) is -3.58. The van der Waals surface area contributed by atoms with Gasteiger partial charge in [-0.2, -0.15) is 0 Å². The fourth-order valence-electron chi connectivity index (χ4n) is 4.93. The van der Waals surface area contributed by atoms with Gasteiger partial charge >= 0.3 is 0 Å². The van der Waals surface area contributed by atoms with Gasteiger partial charge in [0.2, 0.25) is 10.0 Å². The normalized spacial score (nSPS) is 20.6. The van der Waals surface area contributed by atoms with E-state index in [1.54, 1.807) is 4.31 Å². The van der Waals surface area contributed by atoms with Gasteiger partial charge in [0.25, 0.3) is 0 Å². The predicted octanol–water partition coefficient (Wildman–Crippen LogP) is 6.16. The van der Waals surface area contributed by atoms with Gasteiger partial charge in [0.1, 0.15) is 0 Å². The monoisotopic (exact) mass is 439 g/mol. The maximum Gasteiger partial charge on any atom is 0.239 e. The lowest BCUT2D eigenvalue weighted by Crippen LogP contribution is -2.56. The molecular formula is C25H26ClNO2S. The number of sulfonamides is 1. The van der Waals surface area contributed by atoms with Crippen LogP contribution in [0.5, 0.6) is 0 Å². The van der Waals surface area contributed by atoms with Crippen LogP contribution in [0.3, 0.4) is 0 Å². The Morgan fingerprint density at radius 1 is 0.867 bits per heavy atom. The van der Waals surface area contributed by atoms with E-state index in [0.29, 0.717) is 11.4 Å². The molecule has 1 aliphatic rings. The quantitative estimate of drug-likeness (QED) is 0.487. The van der Waals surface area contributed by atoms with Gasteiger partial charge in [-0.25, -0.2) is 8.42 Å². The topological polar surface area (TPSA) is 37.4 Å². The molecule has 0 aromatic heterocycles. The zero-order chi connectivity index (χ0) is 21.6. The van der Waals surface area contributed by atoms with Crippen molar-refractivity contribution in [3.8, 4) is 0 Å². The molecule has 1 heterocycles. The summed E-state index contributed by atoms with van der Waals surface area (Å²) in [5, 5.41) is 0.692. The molecule has 0 amide bonds. The SMILES string of the molecule is CC1(c2ccc(Cl)cc2)CC(C)(C)N(S(=O)(=O)Cc2ccccc2)c2ccccc21. The van der Waals surface area contributed by atoms with Gasteiger partial charge in [-0.3, -0.25) is 4.31 Å². The van der Waals surface area contributed by atoms with Crippen LogP contribution in [0.25, 0.3) is 0 Å². The highest BCUT2D eigenvalue weighted by molar-refractivity contribution is 7.92. The smallest absolute Gasteiger partial charge is 0.239 e. The van der Waals surface area contributed by atoms with Crippen molar-refractivity contribution in [3.05, 3.63) is 101 Å². The maximum absolute atomic E-state index is 13.6. The van der Waals surface area contributed by atoms with E-state index in [0.717, 1.165) is 22.4 Å². The molecule has 0 N–H and O–H groups in total.